The number of carboxylic acids is 1. The number of carbonyl (C=O) groups excluding carboxylic acids is 1. The van der Waals surface area contributed by atoms with Gasteiger partial charge in [0.25, 0.3) is 0 Å². The molecule has 2 amide bonds. The number of rotatable bonds is 3. The summed E-state index contributed by atoms with van der Waals surface area (Å²) in [6.45, 7) is 6.76. The molecule has 3 rings (SSSR count). The van der Waals surface area contributed by atoms with Crippen LogP contribution < -0.4 is 5.32 Å². The maximum atomic E-state index is 12.5. The fraction of sp³-hybridized carbons (Fsp3) is 0.421. The maximum Gasteiger partial charge on any atom is 0.321 e. The third-order valence-corrected chi connectivity index (χ3v) is 4.90. The van der Waals surface area contributed by atoms with Crippen LogP contribution in [0, 0.1) is 26.7 Å². The molecule has 0 saturated carbocycles. The minimum absolute atomic E-state index is 0.241. The van der Waals surface area contributed by atoms with Crippen molar-refractivity contribution in [3.8, 4) is 5.69 Å². The van der Waals surface area contributed by atoms with Crippen LogP contribution in [0.4, 0.5) is 10.5 Å². The number of anilines is 1. The smallest absolute Gasteiger partial charge is 0.321 e. The molecule has 1 unspecified atom stereocenters. The summed E-state index contributed by atoms with van der Waals surface area (Å²) in [6.07, 6.45) is 2.95. The number of piperidine rings is 1. The molecule has 1 saturated heterocycles. The Morgan fingerprint density at radius 2 is 2.04 bits per heavy atom. The number of likely N-dealkylation sites (tertiary alicyclic amines) is 1. The summed E-state index contributed by atoms with van der Waals surface area (Å²) < 4.78 is 1.81. The van der Waals surface area contributed by atoms with Gasteiger partial charge in [-0.15, -0.1) is 0 Å². The molecule has 7 nitrogen and oxygen atoms in total. The Morgan fingerprint density at radius 3 is 2.77 bits per heavy atom. The maximum absolute atomic E-state index is 12.5. The van der Waals surface area contributed by atoms with Crippen LogP contribution in [0.1, 0.15) is 29.7 Å². The first-order chi connectivity index (χ1) is 12.4. The second-order valence-corrected chi connectivity index (χ2v) is 6.90. The van der Waals surface area contributed by atoms with Gasteiger partial charge in [0.2, 0.25) is 0 Å². The number of hydrogen-bond acceptors (Lipinski definition) is 3. The van der Waals surface area contributed by atoms with Crippen LogP contribution in [-0.2, 0) is 4.79 Å². The van der Waals surface area contributed by atoms with Crippen LogP contribution in [0.5, 0.6) is 0 Å². The van der Waals surface area contributed by atoms with E-state index in [2.05, 4.69) is 22.5 Å². The van der Waals surface area contributed by atoms with Gasteiger partial charge in [-0.1, -0.05) is 12.1 Å². The summed E-state index contributed by atoms with van der Waals surface area (Å²) in [4.78, 5) is 25.3. The molecule has 1 atom stereocenters. The Hall–Kier alpha value is -2.83. The van der Waals surface area contributed by atoms with Gasteiger partial charge in [-0.2, -0.15) is 5.10 Å². The predicted molar refractivity (Wildman–Crippen MR) is 98.7 cm³/mol. The van der Waals surface area contributed by atoms with Gasteiger partial charge in [-0.3, -0.25) is 4.79 Å². The van der Waals surface area contributed by atoms with Gasteiger partial charge in [-0.05, 0) is 50.8 Å². The summed E-state index contributed by atoms with van der Waals surface area (Å²) in [6, 6.07) is 5.88. The summed E-state index contributed by atoms with van der Waals surface area (Å²) in [5.74, 6) is -1.34. The number of aromatic nitrogens is 2. The Balaban J connectivity index is 1.77. The highest BCUT2D eigenvalue weighted by molar-refractivity contribution is 5.90. The van der Waals surface area contributed by atoms with E-state index in [0.29, 0.717) is 25.1 Å². The second-order valence-electron chi connectivity index (χ2n) is 6.90. The Morgan fingerprint density at radius 1 is 1.27 bits per heavy atom. The van der Waals surface area contributed by atoms with Gasteiger partial charge in [0.1, 0.15) is 0 Å². The molecular weight excluding hydrogens is 332 g/mol. The molecule has 1 aromatic carbocycles. The zero-order valence-corrected chi connectivity index (χ0v) is 15.3. The van der Waals surface area contributed by atoms with Gasteiger partial charge in [0, 0.05) is 13.1 Å². The standard InChI is InChI=1S/C19H24N4O3/c1-12-6-7-13(2)17(9-12)23-14(3)16(10-20-23)21-19(26)22-8-4-5-15(11-22)18(24)25/h6-7,9-10,15H,4-5,8,11H2,1-3H3,(H,21,26)(H,24,25). The molecule has 0 bridgehead atoms. The lowest BCUT2D eigenvalue weighted by Crippen LogP contribution is -2.44. The fourth-order valence-corrected chi connectivity index (χ4v) is 3.28. The average molecular weight is 356 g/mol. The van der Waals surface area contributed by atoms with Crippen molar-refractivity contribution >= 4 is 17.7 Å². The molecule has 1 aromatic heterocycles. The number of amides is 2. The van der Waals surface area contributed by atoms with Crippen molar-refractivity contribution in [2.75, 3.05) is 18.4 Å². The fourth-order valence-electron chi connectivity index (χ4n) is 3.28. The van der Waals surface area contributed by atoms with Crippen LogP contribution in [0.25, 0.3) is 5.69 Å². The summed E-state index contributed by atoms with van der Waals surface area (Å²) in [7, 11) is 0. The highest BCUT2D eigenvalue weighted by Crippen LogP contribution is 2.23. The van der Waals surface area contributed by atoms with Crippen LogP contribution in [-0.4, -0.2) is 44.9 Å². The average Bonchev–Trinajstić information content (AvgIpc) is 2.97. The lowest BCUT2D eigenvalue weighted by molar-refractivity contribution is -0.143. The van der Waals surface area contributed by atoms with Crippen molar-refractivity contribution in [1.82, 2.24) is 14.7 Å². The topological polar surface area (TPSA) is 87.5 Å². The van der Waals surface area contributed by atoms with Crippen LogP contribution in [0.3, 0.4) is 0 Å². The zero-order valence-electron chi connectivity index (χ0n) is 15.3. The van der Waals surface area contributed by atoms with E-state index in [9.17, 15) is 14.7 Å². The minimum atomic E-state index is -0.846. The van der Waals surface area contributed by atoms with E-state index in [1.165, 1.54) is 0 Å². The molecule has 0 aliphatic carbocycles. The molecule has 1 aliphatic rings. The molecule has 138 valence electrons. The summed E-state index contributed by atoms with van der Waals surface area (Å²) in [5, 5.41) is 16.5. The number of aryl methyl sites for hydroxylation is 2. The molecular formula is C19H24N4O3. The molecule has 0 spiro atoms. The van der Waals surface area contributed by atoms with E-state index in [4.69, 9.17) is 0 Å². The SMILES string of the molecule is Cc1ccc(C)c(-n2ncc(NC(=O)N3CCCC(C(=O)O)C3)c2C)c1. The Labute approximate surface area is 152 Å². The second kappa shape index (κ2) is 7.19. The van der Waals surface area contributed by atoms with Crippen molar-refractivity contribution in [2.45, 2.75) is 33.6 Å². The third-order valence-electron chi connectivity index (χ3n) is 4.90. The lowest BCUT2D eigenvalue weighted by atomic mass is 9.99. The van der Waals surface area contributed by atoms with E-state index in [1.54, 1.807) is 11.1 Å². The van der Waals surface area contributed by atoms with Gasteiger partial charge in [0.15, 0.2) is 0 Å². The van der Waals surface area contributed by atoms with Crippen LogP contribution in [0.15, 0.2) is 24.4 Å². The predicted octanol–water partition coefficient (Wildman–Crippen LogP) is 3.13. The third kappa shape index (κ3) is 3.56. The van der Waals surface area contributed by atoms with Gasteiger partial charge < -0.3 is 15.3 Å². The molecule has 26 heavy (non-hydrogen) atoms. The first-order valence-corrected chi connectivity index (χ1v) is 8.78. The highest BCUT2D eigenvalue weighted by atomic mass is 16.4. The number of hydrogen-bond donors (Lipinski definition) is 2. The number of benzene rings is 1. The van der Waals surface area contributed by atoms with Crippen LogP contribution >= 0.6 is 0 Å². The van der Waals surface area contributed by atoms with E-state index >= 15 is 0 Å². The van der Waals surface area contributed by atoms with Crippen molar-refractivity contribution in [1.29, 1.82) is 0 Å². The number of urea groups is 1. The Bertz CT molecular complexity index is 843. The normalized spacial score (nSPS) is 17.2. The quantitative estimate of drug-likeness (QED) is 0.884. The minimum Gasteiger partial charge on any atom is -0.481 e. The van der Waals surface area contributed by atoms with E-state index < -0.39 is 11.9 Å². The summed E-state index contributed by atoms with van der Waals surface area (Å²) >= 11 is 0. The van der Waals surface area contributed by atoms with Gasteiger partial charge >= 0.3 is 12.0 Å². The molecule has 0 radical (unpaired) electrons. The van der Waals surface area contributed by atoms with Gasteiger partial charge in [0.05, 0.1) is 29.2 Å². The highest BCUT2D eigenvalue weighted by Gasteiger charge is 2.28. The monoisotopic (exact) mass is 356 g/mol. The van der Waals surface area contributed by atoms with Crippen molar-refractivity contribution in [3.63, 3.8) is 0 Å². The molecule has 1 aliphatic heterocycles. The number of nitrogens with zero attached hydrogens (tertiary/aromatic N) is 3. The molecule has 2 heterocycles. The number of aliphatic carboxylic acids is 1. The molecule has 2 N–H and O–H groups in total. The van der Waals surface area contributed by atoms with Crippen molar-refractivity contribution < 1.29 is 14.7 Å². The van der Waals surface area contributed by atoms with Crippen LogP contribution in [0.2, 0.25) is 0 Å². The van der Waals surface area contributed by atoms with Crippen molar-refractivity contribution in [2.24, 2.45) is 5.92 Å². The van der Waals surface area contributed by atoms with E-state index in [0.717, 1.165) is 22.5 Å². The largest absolute Gasteiger partial charge is 0.481 e. The first-order valence-electron chi connectivity index (χ1n) is 8.78. The number of carbonyl (C=O) groups is 2. The first kappa shape index (κ1) is 18.0. The van der Waals surface area contributed by atoms with Gasteiger partial charge in [-0.25, -0.2) is 9.48 Å². The Kier molecular flexibility index (Phi) is 4.97. The van der Waals surface area contributed by atoms with E-state index in [-0.39, 0.29) is 12.6 Å². The van der Waals surface area contributed by atoms with E-state index in [1.807, 2.05) is 31.5 Å². The molecule has 2 aromatic rings. The number of carboxylic acid groups (broad SMARTS) is 1. The summed E-state index contributed by atoms with van der Waals surface area (Å²) in [5.41, 5.74) is 4.68. The zero-order chi connectivity index (χ0) is 18.8. The molecule has 7 heteroatoms. The lowest BCUT2D eigenvalue weighted by Gasteiger charge is -2.30. The van der Waals surface area contributed by atoms with Crippen molar-refractivity contribution in [3.05, 3.63) is 41.2 Å². The molecule has 1 fully saturated rings. The number of nitrogens with one attached hydrogen (secondary N) is 1.